The number of aryl methyl sites for hydroxylation is 3. The number of hydrogen-bond donors (Lipinski definition) is 0. The molecule has 0 spiro atoms. The standard InChI is InChI=1S/C22H21N3O/c1-15-11-19(13-24(3)22(15)26)18-9-10-21-23-16(2)20(25(21)14-18)12-17-7-5-4-6-8-17/h4-11,13-14H,12H2,1-3H3. The van der Waals surface area contributed by atoms with Gasteiger partial charge in [0.2, 0.25) is 0 Å². The van der Waals surface area contributed by atoms with E-state index in [1.807, 2.05) is 31.3 Å². The summed E-state index contributed by atoms with van der Waals surface area (Å²) in [5.41, 5.74) is 7.33. The molecule has 0 saturated heterocycles. The lowest BCUT2D eigenvalue weighted by atomic mass is 10.1. The molecular weight excluding hydrogens is 322 g/mol. The smallest absolute Gasteiger partial charge is 0.253 e. The normalized spacial score (nSPS) is 11.2. The quantitative estimate of drug-likeness (QED) is 0.566. The Morgan fingerprint density at radius 2 is 1.73 bits per heavy atom. The molecule has 0 aliphatic rings. The number of fused-ring (bicyclic) bond motifs is 1. The van der Waals surface area contributed by atoms with E-state index >= 15 is 0 Å². The Bertz CT molecular complexity index is 1130. The van der Waals surface area contributed by atoms with E-state index in [1.54, 1.807) is 11.6 Å². The lowest BCUT2D eigenvalue weighted by Crippen LogP contribution is -2.18. The Balaban J connectivity index is 1.84. The molecule has 26 heavy (non-hydrogen) atoms. The molecule has 4 rings (SSSR count). The first-order chi connectivity index (χ1) is 12.5. The zero-order chi connectivity index (χ0) is 18.3. The van der Waals surface area contributed by atoms with Gasteiger partial charge in [0.05, 0.1) is 5.69 Å². The summed E-state index contributed by atoms with van der Waals surface area (Å²) in [6.45, 7) is 3.91. The molecule has 0 fully saturated rings. The maximum atomic E-state index is 12.0. The second-order valence-corrected chi connectivity index (χ2v) is 6.78. The van der Waals surface area contributed by atoms with Crippen LogP contribution in [0.4, 0.5) is 0 Å². The summed E-state index contributed by atoms with van der Waals surface area (Å²) >= 11 is 0. The van der Waals surface area contributed by atoms with Crippen molar-refractivity contribution in [3.63, 3.8) is 0 Å². The van der Waals surface area contributed by atoms with E-state index in [0.29, 0.717) is 0 Å². The molecular formula is C22H21N3O. The lowest BCUT2D eigenvalue weighted by Gasteiger charge is -2.09. The van der Waals surface area contributed by atoms with Crippen molar-refractivity contribution in [2.75, 3.05) is 0 Å². The molecule has 0 saturated carbocycles. The van der Waals surface area contributed by atoms with Gasteiger partial charge >= 0.3 is 0 Å². The molecule has 0 bridgehead atoms. The second kappa shape index (κ2) is 6.30. The summed E-state index contributed by atoms with van der Waals surface area (Å²) in [7, 11) is 1.79. The topological polar surface area (TPSA) is 39.3 Å². The third-order valence-electron chi connectivity index (χ3n) is 4.83. The van der Waals surface area contributed by atoms with E-state index in [9.17, 15) is 4.79 Å². The monoisotopic (exact) mass is 343 g/mol. The van der Waals surface area contributed by atoms with Crippen LogP contribution in [0.3, 0.4) is 0 Å². The number of hydrogen-bond acceptors (Lipinski definition) is 2. The van der Waals surface area contributed by atoms with Crippen LogP contribution < -0.4 is 5.56 Å². The van der Waals surface area contributed by atoms with E-state index < -0.39 is 0 Å². The number of pyridine rings is 2. The number of rotatable bonds is 3. The molecule has 0 aliphatic heterocycles. The van der Waals surface area contributed by atoms with Gasteiger partial charge in [-0.3, -0.25) is 4.79 Å². The van der Waals surface area contributed by atoms with Gasteiger partial charge in [-0.05, 0) is 48.7 Å². The van der Waals surface area contributed by atoms with Crippen molar-refractivity contribution in [2.24, 2.45) is 7.05 Å². The zero-order valence-electron chi connectivity index (χ0n) is 15.2. The Labute approximate surface area is 152 Å². The van der Waals surface area contributed by atoms with Crippen molar-refractivity contribution >= 4 is 5.65 Å². The third-order valence-corrected chi connectivity index (χ3v) is 4.83. The van der Waals surface area contributed by atoms with Gasteiger partial charge in [-0.15, -0.1) is 0 Å². The van der Waals surface area contributed by atoms with Crippen molar-refractivity contribution in [1.82, 2.24) is 14.0 Å². The van der Waals surface area contributed by atoms with Gasteiger partial charge in [-0.25, -0.2) is 4.98 Å². The number of imidazole rings is 1. The molecule has 3 heterocycles. The summed E-state index contributed by atoms with van der Waals surface area (Å²) in [5, 5.41) is 0. The van der Waals surface area contributed by atoms with Gasteiger partial charge in [0, 0.05) is 37.1 Å². The summed E-state index contributed by atoms with van der Waals surface area (Å²) < 4.78 is 3.80. The largest absolute Gasteiger partial charge is 0.318 e. The van der Waals surface area contributed by atoms with Crippen molar-refractivity contribution < 1.29 is 0 Å². The first kappa shape index (κ1) is 16.3. The van der Waals surface area contributed by atoms with E-state index in [0.717, 1.165) is 34.5 Å². The van der Waals surface area contributed by atoms with Crippen LogP contribution in [0.15, 0.2) is 65.7 Å². The SMILES string of the molecule is Cc1nc2ccc(-c3cc(C)c(=O)n(C)c3)cn2c1Cc1ccccc1. The predicted molar refractivity (Wildman–Crippen MR) is 105 cm³/mol. The third kappa shape index (κ3) is 2.84. The fourth-order valence-electron chi connectivity index (χ4n) is 3.42. The zero-order valence-corrected chi connectivity index (χ0v) is 15.2. The van der Waals surface area contributed by atoms with Crippen LogP contribution in [0.5, 0.6) is 0 Å². The van der Waals surface area contributed by atoms with Crippen LogP contribution >= 0.6 is 0 Å². The van der Waals surface area contributed by atoms with Crippen LogP contribution in [-0.2, 0) is 13.5 Å². The van der Waals surface area contributed by atoms with E-state index in [-0.39, 0.29) is 5.56 Å². The Morgan fingerprint density at radius 1 is 0.962 bits per heavy atom. The van der Waals surface area contributed by atoms with Gasteiger partial charge in [0.25, 0.3) is 5.56 Å². The molecule has 1 aromatic carbocycles. The highest BCUT2D eigenvalue weighted by Crippen LogP contribution is 2.23. The number of benzene rings is 1. The number of aromatic nitrogens is 3. The highest BCUT2D eigenvalue weighted by Gasteiger charge is 2.11. The first-order valence-corrected chi connectivity index (χ1v) is 8.72. The number of nitrogens with zero attached hydrogens (tertiary/aromatic N) is 3. The molecule has 130 valence electrons. The van der Waals surface area contributed by atoms with Crippen LogP contribution in [-0.4, -0.2) is 14.0 Å². The highest BCUT2D eigenvalue weighted by molar-refractivity contribution is 5.65. The second-order valence-electron chi connectivity index (χ2n) is 6.78. The van der Waals surface area contributed by atoms with Crippen LogP contribution in [0.2, 0.25) is 0 Å². The van der Waals surface area contributed by atoms with Crippen molar-refractivity contribution in [3.05, 3.63) is 93.8 Å². The molecule has 4 nitrogen and oxygen atoms in total. The average molecular weight is 343 g/mol. The fraction of sp³-hybridized carbons (Fsp3) is 0.182. The lowest BCUT2D eigenvalue weighted by molar-refractivity contribution is 0.850. The minimum absolute atomic E-state index is 0.0399. The van der Waals surface area contributed by atoms with Gasteiger partial charge in [0.1, 0.15) is 5.65 Å². The molecule has 0 radical (unpaired) electrons. The summed E-state index contributed by atoms with van der Waals surface area (Å²) in [4.78, 5) is 16.7. The summed E-state index contributed by atoms with van der Waals surface area (Å²) in [5.74, 6) is 0. The van der Waals surface area contributed by atoms with Crippen molar-refractivity contribution in [2.45, 2.75) is 20.3 Å². The highest BCUT2D eigenvalue weighted by atomic mass is 16.1. The fourth-order valence-corrected chi connectivity index (χ4v) is 3.42. The van der Waals surface area contributed by atoms with Crippen molar-refractivity contribution in [3.8, 4) is 11.1 Å². The first-order valence-electron chi connectivity index (χ1n) is 8.72. The van der Waals surface area contributed by atoms with E-state index in [2.05, 4.69) is 47.9 Å². The molecule has 0 unspecified atom stereocenters. The van der Waals surface area contributed by atoms with Crippen LogP contribution in [0.1, 0.15) is 22.5 Å². The molecule has 0 amide bonds. The summed E-state index contributed by atoms with van der Waals surface area (Å²) in [6, 6.07) is 16.5. The predicted octanol–water partition coefficient (Wildman–Crippen LogP) is 3.91. The Kier molecular flexibility index (Phi) is 3.96. The average Bonchev–Trinajstić information content (AvgIpc) is 2.95. The summed E-state index contributed by atoms with van der Waals surface area (Å²) in [6.07, 6.45) is 4.84. The minimum atomic E-state index is 0.0399. The van der Waals surface area contributed by atoms with E-state index in [4.69, 9.17) is 4.98 Å². The van der Waals surface area contributed by atoms with Gasteiger partial charge < -0.3 is 8.97 Å². The molecule has 0 N–H and O–H groups in total. The Morgan fingerprint density at radius 3 is 2.46 bits per heavy atom. The van der Waals surface area contributed by atoms with E-state index in [1.165, 1.54) is 11.3 Å². The van der Waals surface area contributed by atoms with Crippen molar-refractivity contribution in [1.29, 1.82) is 0 Å². The molecule has 4 heteroatoms. The van der Waals surface area contributed by atoms with Gasteiger partial charge in [0.15, 0.2) is 0 Å². The molecule has 0 atom stereocenters. The van der Waals surface area contributed by atoms with Gasteiger partial charge in [-0.2, -0.15) is 0 Å². The minimum Gasteiger partial charge on any atom is -0.318 e. The maximum Gasteiger partial charge on any atom is 0.253 e. The molecule has 4 aromatic rings. The van der Waals surface area contributed by atoms with Gasteiger partial charge in [-0.1, -0.05) is 30.3 Å². The maximum absolute atomic E-state index is 12.0. The molecule has 3 aromatic heterocycles. The van der Waals surface area contributed by atoms with Crippen LogP contribution in [0.25, 0.3) is 16.8 Å². The van der Waals surface area contributed by atoms with Crippen LogP contribution in [0, 0.1) is 13.8 Å². The Hall–Kier alpha value is -3.14. The molecule has 0 aliphatic carbocycles.